The Bertz CT molecular complexity index is 987. The van der Waals surface area contributed by atoms with Crippen molar-refractivity contribution in [2.24, 2.45) is 5.73 Å². The predicted molar refractivity (Wildman–Crippen MR) is 101 cm³/mol. The van der Waals surface area contributed by atoms with Crippen LogP contribution in [0.2, 0.25) is 0 Å². The standard InChI is InChI=1S/C19H13F2N3O2S/c20-15-7-12(8-16(21)18(15)26)14-4-2-1-3-11(14)5-6-17(24-19(23)27)13(9-22)10-25/h1-8,10,26H,(H3,23,24,27)/b6-5+,17-13-. The zero-order chi connectivity index (χ0) is 20.0. The maximum absolute atomic E-state index is 13.7. The van der Waals surface area contributed by atoms with Gasteiger partial charge in [-0.25, -0.2) is 8.78 Å². The number of nitrogens with one attached hydrogen (secondary N) is 1. The Kier molecular flexibility index (Phi) is 6.36. The fourth-order valence-electron chi connectivity index (χ4n) is 2.28. The predicted octanol–water partition coefficient (Wildman–Crippen LogP) is 3.16. The Hall–Kier alpha value is -3.57. The zero-order valence-corrected chi connectivity index (χ0v) is 14.6. The van der Waals surface area contributed by atoms with E-state index in [1.165, 1.54) is 12.2 Å². The van der Waals surface area contributed by atoms with E-state index in [4.69, 9.17) is 23.2 Å². The maximum Gasteiger partial charge on any atom is 0.187 e. The summed E-state index contributed by atoms with van der Waals surface area (Å²) in [5, 5.41) is 20.7. The molecule has 0 fully saturated rings. The zero-order valence-electron chi connectivity index (χ0n) is 13.7. The lowest BCUT2D eigenvalue weighted by atomic mass is 9.98. The van der Waals surface area contributed by atoms with E-state index < -0.39 is 17.4 Å². The smallest absolute Gasteiger partial charge is 0.187 e. The Labute approximate surface area is 159 Å². The van der Waals surface area contributed by atoms with Crippen molar-refractivity contribution < 1.29 is 18.7 Å². The summed E-state index contributed by atoms with van der Waals surface area (Å²) < 4.78 is 27.4. The van der Waals surface area contributed by atoms with Gasteiger partial charge in [0.15, 0.2) is 28.8 Å². The van der Waals surface area contributed by atoms with E-state index in [-0.39, 0.29) is 21.9 Å². The molecule has 0 aliphatic heterocycles. The second kappa shape index (κ2) is 8.69. The minimum atomic E-state index is -1.09. The van der Waals surface area contributed by atoms with Gasteiger partial charge in [-0.3, -0.25) is 4.79 Å². The van der Waals surface area contributed by atoms with Gasteiger partial charge >= 0.3 is 0 Å². The first-order valence-electron chi connectivity index (χ1n) is 7.49. The molecule has 0 atom stereocenters. The molecule has 0 aliphatic rings. The van der Waals surface area contributed by atoms with E-state index in [9.17, 15) is 18.7 Å². The molecule has 5 nitrogen and oxygen atoms in total. The lowest BCUT2D eigenvalue weighted by Gasteiger charge is -2.09. The number of carbonyl (C=O) groups excluding carboxylic acids is 1. The van der Waals surface area contributed by atoms with Gasteiger partial charge in [-0.05, 0) is 47.1 Å². The van der Waals surface area contributed by atoms with E-state index in [2.05, 4.69) is 5.32 Å². The summed E-state index contributed by atoms with van der Waals surface area (Å²) in [6.07, 6.45) is 3.28. The summed E-state index contributed by atoms with van der Waals surface area (Å²) in [4.78, 5) is 11.0. The minimum Gasteiger partial charge on any atom is -0.503 e. The summed E-state index contributed by atoms with van der Waals surface area (Å²) in [5.74, 6) is -3.23. The van der Waals surface area contributed by atoms with Crippen LogP contribution in [0.1, 0.15) is 5.56 Å². The summed E-state index contributed by atoms with van der Waals surface area (Å²) >= 11 is 4.73. The molecule has 136 valence electrons. The fourth-order valence-corrected chi connectivity index (χ4v) is 2.39. The average Bonchev–Trinajstić information content (AvgIpc) is 2.64. The van der Waals surface area contributed by atoms with Crippen LogP contribution in [-0.2, 0) is 4.79 Å². The Morgan fingerprint density at radius 3 is 2.44 bits per heavy atom. The minimum absolute atomic E-state index is 0.0814. The molecule has 0 saturated carbocycles. The van der Waals surface area contributed by atoms with Gasteiger partial charge < -0.3 is 16.2 Å². The number of allylic oxidation sites excluding steroid dienone is 2. The molecule has 0 radical (unpaired) electrons. The number of thiocarbonyl (C=S) groups is 1. The second-order valence-electron chi connectivity index (χ2n) is 5.26. The van der Waals surface area contributed by atoms with Gasteiger partial charge in [-0.15, -0.1) is 0 Å². The molecular formula is C19H13F2N3O2S. The van der Waals surface area contributed by atoms with Crippen molar-refractivity contribution in [2.75, 3.05) is 0 Å². The number of carbonyl (C=O) groups is 1. The van der Waals surface area contributed by atoms with Gasteiger partial charge in [0.05, 0.1) is 5.70 Å². The van der Waals surface area contributed by atoms with Crippen molar-refractivity contribution in [1.82, 2.24) is 5.32 Å². The third kappa shape index (κ3) is 4.74. The van der Waals surface area contributed by atoms with Gasteiger partial charge in [-0.1, -0.05) is 30.3 Å². The first-order chi connectivity index (χ1) is 12.9. The number of nitrogens with zero attached hydrogens (tertiary/aromatic N) is 1. The number of phenols is 1. The van der Waals surface area contributed by atoms with Crippen LogP contribution in [0, 0.1) is 23.0 Å². The van der Waals surface area contributed by atoms with Crippen LogP contribution in [0.4, 0.5) is 8.78 Å². The molecule has 2 rings (SSSR count). The number of hydrogen-bond donors (Lipinski definition) is 3. The monoisotopic (exact) mass is 385 g/mol. The SMILES string of the molecule is N#C/C(C=O)=C(\C=C\c1ccccc1-c1cc(F)c(O)c(F)c1)NC(N)=S. The summed E-state index contributed by atoms with van der Waals surface area (Å²) in [6, 6.07) is 10.4. The fraction of sp³-hybridized carbons (Fsp3) is 0. The topological polar surface area (TPSA) is 99.1 Å². The second-order valence-corrected chi connectivity index (χ2v) is 5.70. The van der Waals surface area contributed by atoms with E-state index in [1.54, 1.807) is 30.3 Å². The van der Waals surface area contributed by atoms with Gasteiger partial charge in [0, 0.05) is 0 Å². The molecule has 0 amide bonds. The third-order valence-corrected chi connectivity index (χ3v) is 3.61. The molecule has 8 heteroatoms. The summed E-state index contributed by atoms with van der Waals surface area (Å²) in [5.41, 5.74) is 6.45. The van der Waals surface area contributed by atoms with E-state index >= 15 is 0 Å². The van der Waals surface area contributed by atoms with Crippen LogP contribution in [0.5, 0.6) is 5.75 Å². The number of rotatable bonds is 5. The van der Waals surface area contributed by atoms with Crippen LogP contribution in [-0.4, -0.2) is 16.5 Å². The molecule has 4 N–H and O–H groups in total. The van der Waals surface area contributed by atoms with Crippen LogP contribution in [0.25, 0.3) is 17.2 Å². The van der Waals surface area contributed by atoms with Crippen molar-refractivity contribution >= 4 is 29.7 Å². The number of aldehydes is 1. The van der Waals surface area contributed by atoms with Gasteiger partial charge in [0.1, 0.15) is 11.6 Å². The van der Waals surface area contributed by atoms with Crippen LogP contribution >= 0.6 is 12.2 Å². The normalized spacial score (nSPS) is 11.6. The van der Waals surface area contributed by atoms with Gasteiger partial charge in [-0.2, -0.15) is 5.26 Å². The lowest BCUT2D eigenvalue weighted by molar-refractivity contribution is -0.104. The first kappa shape index (κ1) is 19.8. The van der Waals surface area contributed by atoms with Crippen LogP contribution in [0.3, 0.4) is 0 Å². The van der Waals surface area contributed by atoms with Crippen molar-refractivity contribution in [3.05, 3.63) is 70.9 Å². The van der Waals surface area contributed by atoms with E-state index in [0.717, 1.165) is 12.1 Å². The molecule has 27 heavy (non-hydrogen) atoms. The number of nitriles is 1. The molecule has 0 heterocycles. The molecule has 0 bridgehead atoms. The summed E-state index contributed by atoms with van der Waals surface area (Å²) in [6.45, 7) is 0. The lowest BCUT2D eigenvalue weighted by Crippen LogP contribution is -2.28. The van der Waals surface area contributed by atoms with Gasteiger partial charge in [0.2, 0.25) is 0 Å². The number of nitrogens with two attached hydrogens (primary N) is 1. The molecule has 0 aromatic heterocycles. The van der Waals surface area contributed by atoms with Crippen LogP contribution in [0.15, 0.2) is 53.7 Å². The third-order valence-electron chi connectivity index (χ3n) is 3.50. The van der Waals surface area contributed by atoms with Gasteiger partial charge in [0.25, 0.3) is 0 Å². The highest BCUT2D eigenvalue weighted by Crippen LogP contribution is 2.30. The number of aromatic hydroxyl groups is 1. The first-order valence-corrected chi connectivity index (χ1v) is 7.89. The van der Waals surface area contributed by atoms with Crippen molar-refractivity contribution in [3.8, 4) is 22.9 Å². The molecule has 2 aromatic rings. The largest absolute Gasteiger partial charge is 0.503 e. The highest BCUT2D eigenvalue weighted by molar-refractivity contribution is 7.80. The quantitative estimate of drug-likeness (QED) is 0.240. The molecule has 0 unspecified atom stereocenters. The highest BCUT2D eigenvalue weighted by Gasteiger charge is 2.12. The number of halogens is 2. The Balaban J connectivity index is 2.54. The number of benzene rings is 2. The summed E-state index contributed by atoms with van der Waals surface area (Å²) in [7, 11) is 0. The Morgan fingerprint density at radius 2 is 1.89 bits per heavy atom. The van der Waals surface area contributed by atoms with Crippen molar-refractivity contribution in [3.63, 3.8) is 0 Å². The van der Waals surface area contributed by atoms with Crippen molar-refractivity contribution in [1.29, 1.82) is 5.26 Å². The van der Waals surface area contributed by atoms with E-state index in [1.807, 2.05) is 0 Å². The maximum atomic E-state index is 13.7. The molecule has 0 spiro atoms. The number of hydrogen-bond acceptors (Lipinski definition) is 4. The molecule has 2 aromatic carbocycles. The average molecular weight is 385 g/mol. The highest BCUT2D eigenvalue weighted by atomic mass is 32.1. The van der Waals surface area contributed by atoms with E-state index in [0.29, 0.717) is 17.4 Å². The molecule has 0 aliphatic carbocycles. The Morgan fingerprint density at radius 1 is 1.26 bits per heavy atom. The molecule has 0 saturated heterocycles. The van der Waals surface area contributed by atoms with Crippen LogP contribution < -0.4 is 11.1 Å². The molecular weight excluding hydrogens is 372 g/mol. The number of phenolic OH excluding ortho intramolecular Hbond substituents is 1. The van der Waals surface area contributed by atoms with Crippen molar-refractivity contribution in [2.45, 2.75) is 0 Å².